The van der Waals surface area contributed by atoms with Crippen LogP contribution in [-0.4, -0.2) is 9.97 Å². The molecule has 0 aliphatic rings. The molecule has 0 spiro atoms. The summed E-state index contributed by atoms with van der Waals surface area (Å²) in [4.78, 5) is 9.74. The molecule has 0 amide bonds. The first kappa shape index (κ1) is 19.2. The molecule has 0 aliphatic heterocycles. The van der Waals surface area contributed by atoms with Crippen molar-refractivity contribution < 1.29 is 5.79 Å². The van der Waals surface area contributed by atoms with Gasteiger partial charge in [-0.05, 0) is 34.5 Å². The zero-order valence-electron chi connectivity index (χ0n) is 20.8. The Balaban J connectivity index is 1.38. The molecule has 8 aromatic rings. The average Bonchev–Trinajstić information content (AvgIpc) is 3.37. The van der Waals surface area contributed by atoms with E-state index in [1.54, 1.807) is 6.07 Å². The standard InChI is InChI=1S/C34H20N2O/c1-2-9-24-23(8-1)25(28-11-5-12-29-27-10-3-4-13-31(27)37-34(28)29)17-18-26(24)30-19-16-22-15-14-21-7-6-20-35-32(21)33(22)36-30/h1-20H/i13D. The van der Waals surface area contributed by atoms with E-state index in [1.165, 1.54) is 0 Å². The van der Waals surface area contributed by atoms with Crippen molar-refractivity contribution in [2.24, 2.45) is 0 Å². The Hall–Kier alpha value is -5.02. The van der Waals surface area contributed by atoms with Crippen molar-refractivity contribution in [3.63, 3.8) is 0 Å². The molecular formula is C34H20N2O. The third-order valence-electron chi connectivity index (χ3n) is 7.25. The topological polar surface area (TPSA) is 38.9 Å². The van der Waals surface area contributed by atoms with Gasteiger partial charge in [0, 0.05) is 38.9 Å². The van der Waals surface area contributed by atoms with Crippen LogP contribution in [0.25, 0.3) is 76.9 Å². The number of nitrogens with zero attached hydrogens (tertiary/aromatic N) is 2. The summed E-state index contributed by atoms with van der Waals surface area (Å²) in [5.41, 5.74) is 7.35. The minimum Gasteiger partial charge on any atom is -0.455 e. The first-order valence-corrected chi connectivity index (χ1v) is 12.3. The number of benzene rings is 5. The van der Waals surface area contributed by atoms with E-state index in [0.29, 0.717) is 11.6 Å². The van der Waals surface area contributed by atoms with E-state index in [0.717, 1.165) is 71.3 Å². The molecule has 172 valence electrons. The lowest BCUT2D eigenvalue weighted by atomic mass is 9.92. The van der Waals surface area contributed by atoms with Crippen LogP contribution in [0.2, 0.25) is 0 Å². The second-order valence-electron chi connectivity index (χ2n) is 9.31. The van der Waals surface area contributed by atoms with Crippen LogP contribution in [0.1, 0.15) is 1.37 Å². The largest absolute Gasteiger partial charge is 0.455 e. The Morgan fingerprint density at radius 1 is 0.541 bits per heavy atom. The normalized spacial score (nSPS) is 12.2. The van der Waals surface area contributed by atoms with Gasteiger partial charge in [0.2, 0.25) is 0 Å². The van der Waals surface area contributed by atoms with Crippen LogP contribution >= 0.6 is 0 Å². The molecule has 3 heterocycles. The van der Waals surface area contributed by atoms with E-state index in [1.807, 2.05) is 24.4 Å². The van der Waals surface area contributed by atoms with Crippen molar-refractivity contribution in [1.82, 2.24) is 9.97 Å². The number of hydrogen-bond donors (Lipinski definition) is 0. The lowest BCUT2D eigenvalue weighted by molar-refractivity contribution is 0.670. The van der Waals surface area contributed by atoms with Gasteiger partial charge in [0.05, 0.1) is 18.1 Å². The van der Waals surface area contributed by atoms with Crippen LogP contribution < -0.4 is 0 Å². The van der Waals surface area contributed by atoms with E-state index >= 15 is 0 Å². The Morgan fingerprint density at radius 2 is 1.27 bits per heavy atom. The summed E-state index contributed by atoms with van der Waals surface area (Å²) in [7, 11) is 0. The van der Waals surface area contributed by atoms with E-state index in [-0.39, 0.29) is 0 Å². The lowest BCUT2D eigenvalue weighted by Gasteiger charge is -2.13. The maximum absolute atomic E-state index is 8.33. The minimum absolute atomic E-state index is 0.397. The number of aromatic nitrogens is 2. The lowest BCUT2D eigenvalue weighted by Crippen LogP contribution is -1.91. The Kier molecular flexibility index (Phi) is 4.02. The van der Waals surface area contributed by atoms with Gasteiger partial charge >= 0.3 is 0 Å². The molecule has 0 atom stereocenters. The summed E-state index contributed by atoms with van der Waals surface area (Å²) in [5, 5.41) is 6.40. The number of fused-ring (bicyclic) bond motifs is 7. The molecule has 0 fully saturated rings. The van der Waals surface area contributed by atoms with Gasteiger partial charge in [-0.1, -0.05) is 97.1 Å². The summed E-state index contributed by atoms with van der Waals surface area (Å²) >= 11 is 0. The van der Waals surface area contributed by atoms with Crippen molar-refractivity contribution in [3.05, 3.63) is 121 Å². The van der Waals surface area contributed by atoms with Gasteiger partial charge in [-0.15, -0.1) is 0 Å². The highest BCUT2D eigenvalue weighted by Gasteiger charge is 2.16. The van der Waals surface area contributed by atoms with Gasteiger partial charge < -0.3 is 4.42 Å². The Labute approximate surface area is 214 Å². The summed E-state index contributed by atoms with van der Waals surface area (Å²) < 4.78 is 14.6. The minimum atomic E-state index is 0.397. The van der Waals surface area contributed by atoms with Crippen LogP contribution in [0, 0.1) is 0 Å². The fraction of sp³-hybridized carbons (Fsp3) is 0. The van der Waals surface area contributed by atoms with E-state index < -0.39 is 0 Å². The molecule has 0 N–H and O–H groups in total. The molecule has 3 nitrogen and oxygen atoms in total. The number of furan rings is 1. The first-order valence-electron chi connectivity index (χ1n) is 12.8. The van der Waals surface area contributed by atoms with Crippen molar-refractivity contribution in [3.8, 4) is 22.4 Å². The monoisotopic (exact) mass is 473 g/mol. The van der Waals surface area contributed by atoms with Crippen LogP contribution in [0.3, 0.4) is 0 Å². The van der Waals surface area contributed by atoms with Crippen LogP contribution in [0.5, 0.6) is 0 Å². The fourth-order valence-electron chi connectivity index (χ4n) is 5.52. The molecule has 0 saturated heterocycles. The van der Waals surface area contributed by atoms with Gasteiger partial charge in [0.25, 0.3) is 0 Å². The third-order valence-corrected chi connectivity index (χ3v) is 7.25. The van der Waals surface area contributed by atoms with Crippen molar-refractivity contribution in [1.29, 1.82) is 0 Å². The van der Waals surface area contributed by atoms with Gasteiger partial charge in [-0.3, -0.25) is 4.98 Å². The number of rotatable bonds is 2. The zero-order chi connectivity index (χ0) is 25.2. The number of pyridine rings is 2. The fourth-order valence-corrected chi connectivity index (χ4v) is 5.52. The van der Waals surface area contributed by atoms with Crippen molar-refractivity contribution in [2.75, 3.05) is 0 Å². The quantitative estimate of drug-likeness (QED) is 0.235. The predicted molar refractivity (Wildman–Crippen MR) is 153 cm³/mol. The van der Waals surface area contributed by atoms with E-state index in [2.05, 4.69) is 89.9 Å². The van der Waals surface area contributed by atoms with Crippen LogP contribution in [-0.2, 0) is 0 Å². The van der Waals surface area contributed by atoms with Gasteiger partial charge in [-0.2, -0.15) is 0 Å². The third kappa shape index (κ3) is 3.01. The number of hydrogen-bond acceptors (Lipinski definition) is 3. The van der Waals surface area contributed by atoms with Gasteiger partial charge in [0.1, 0.15) is 11.2 Å². The molecule has 5 aromatic carbocycles. The summed E-state index contributed by atoms with van der Waals surface area (Å²) in [5.74, 6) is 0. The maximum atomic E-state index is 8.33. The molecule has 0 saturated carbocycles. The molecule has 8 rings (SSSR count). The second kappa shape index (κ2) is 7.74. The molecule has 3 aromatic heterocycles. The smallest absolute Gasteiger partial charge is 0.143 e. The van der Waals surface area contributed by atoms with E-state index in [4.69, 9.17) is 10.8 Å². The predicted octanol–water partition coefficient (Wildman–Crippen LogP) is 9.17. The Bertz CT molecular complexity index is 2210. The Morgan fingerprint density at radius 3 is 2.19 bits per heavy atom. The molecule has 0 bridgehead atoms. The van der Waals surface area contributed by atoms with Crippen molar-refractivity contribution >= 4 is 54.5 Å². The highest BCUT2D eigenvalue weighted by Crippen LogP contribution is 2.40. The SMILES string of the molecule is [2H]c1cccc2c1oc1c(-c3ccc(-c4ccc5ccc6cccnc6c5n4)c4ccccc34)cccc12. The zero-order valence-corrected chi connectivity index (χ0v) is 19.8. The van der Waals surface area contributed by atoms with Crippen LogP contribution in [0.15, 0.2) is 126 Å². The maximum Gasteiger partial charge on any atom is 0.143 e. The number of para-hydroxylation sites is 2. The molecule has 0 radical (unpaired) electrons. The molecular weight excluding hydrogens is 452 g/mol. The summed E-state index contributed by atoms with van der Waals surface area (Å²) in [6.45, 7) is 0. The average molecular weight is 474 g/mol. The molecule has 3 heteroatoms. The molecule has 37 heavy (non-hydrogen) atoms. The second-order valence-corrected chi connectivity index (χ2v) is 9.31. The van der Waals surface area contributed by atoms with E-state index in [9.17, 15) is 0 Å². The van der Waals surface area contributed by atoms with Crippen molar-refractivity contribution in [2.45, 2.75) is 0 Å². The highest BCUT2D eigenvalue weighted by molar-refractivity contribution is 6.14. The molecule has 0 unspecified atom stereocenters. The van der Waals surface area contributed by atoms with Crippen LogP contribution in [0.4, 0.5) is 0 Å². The van der Waals surface area contributed by atoms with Gasteiger partial charge in [-0.25, -0.2) is 4.98 Å². The highest BCUT2D eigenvalue weighted by atomic mass is 16.3. The van der Waals surface area contributed by atoms with Gasteiger partial charge in [0.15, 0.2) is 0 Å². The summed E-state index contributed by atoms with van der Waals surface area (Å²) in [6, 6.07) is 37.5. The summed E-state index contributed by atoms with van der Waals surface area (Å²) in [6.07, 6.45) is 1.82. The first-order chi connectivity index (χ1) is 18.8. The molecule has 0 aliphatic carbocycles.